The minimum Gasteiger partial charge on any atom is -0.368 e. The lowest BCUT2D eigenvalue weighted by atomic mass is 10.1. The SMILES string of the molecule is CN1CCN(c2cc(/C=C/c3cc4ccccc4[nH]3)[n+](C)c3ccccc23)CC1. The van der Waals surface area contributed by atoms with Gasteiger partial charge in [-0.2, -0.15) is 4.57 Å². The molecule has 3 heterocycles. The molecule has 0 aliphatic carbocycles. The standard InChI is InChI=1S/C25H26N4/c1-27-13-15-29(16-14-27)25-18-21(28(2)24-10-6-4-8-22(24)25)12-11-20-17-19-7-3-5-9-23(19)26-20/h3-12,17-18H,13-16H2,1-2H3/p+1. The number of H-pyrrole nitrogens is 1. The van der Waals surface area contributed by atoms with Crippen LogP contribution in [0, 0.1) is 0 Å². The van der Waals surface area contributed by atoms with E-state index >= 15 is 0 Å². The van der Waals surface area contributed by atoms with Crippen LogP contribution >= 0.6 is 0 Å². The Balaban J connectivity index is 1.57. The van der Waals surface area contributed by atoms with Crippen molar-refractivity contribution in [3.63, 3.8) is 0 Å². The minimum atomic E-state index is 1.07. The third-order valence-electron chi connectivity index (χ3n) is 6.04. The highest BCUT2D eigenvalue weighted by Crippen LogP contribution is 2.27. The molecule has 0 unspecified atom stereocenters. The average molecular weight is 384 g/mol. The molecule has 0 saturated carbocycles. The molecule has 29 heavy (non-hydrogen) atoms. The van der Waals surface area contributed by atoms with Crippen LogP contribution in [0.1, 0.15) is 11.4 Å². The van der Waals surface area contributed by atoms with Gasteiger partial charge in [0, 0.05) is 55.6 Å². The molecule has 4 nitrogen and oxygen atoms in total. The number of aryl methyl sites for hydroxylation is 1. The Morgan fingerprint density at radius 3 is 2.48 bits per heavy atom. The third kappa shape index (κ3) is 3.40. The van der Waals surface area contributed by atoms with Gasteiger partial charge in [0.15, 0.2) is 0 Å². The quantitative estimate of drug-likeness (QED) is 0.540. The van der Waals surface area contributed by atoms with Gasteiger partial charge in [-0.3, -0.25) is 0 Å². The minimum absolute atomic E-state index is 1.07. The summed E-state index contributed by atoms with van der Waals surface area (Å²) in [6, 6.07) is 21.7. The lowest BCUT2D eigenvalue weighted by molar-refractivity contribution is -0.646. The molecule has 0 amide bonds. The van der Waals surface area contributed by atoms with Gasteiger partial charge in [0.25, 0.3) is 0 Å². The first-order valence-electron chi connectivity index (χ1n) is 10.3. The van der Waals surface area contributed by atoms with Crippen LogP contribution in [0.3, 0.4) is 0 Å². The Bertz CT molecular complexity index is 1160. The number of aromatic nitrogens is 2. The molecule has 2 aromatic heterocycles. The van der Waals surface area contributed by atoms with Gasteiger partial charge in [-0.25, -0.2) is 0 Å². The van der Waals surface area contributed by atoms with Crippen LogP contribution < -0.4 is 9.47 Å². The summed E-state index contributed by atoms with van der Waals surface area (Å²) in [4.78, 5) is 8.42. The molecule has 146 valence electrons. The molecule has 1 fully saturated rings. The van der Waals surface area contributed by atoms with E-state index in [1.54, 1.807) is 0 Å². The Kier molecular flexibility index (Phi) is 4.57. The van der Waals surface area contributed by atoms with Crippen molar-refractivity contribution in [3.8, 4) is 0 Å². The van der Waals surface area contributed by atoms with E-state index in [4.69, 9.17) is 0 Å². The van der Waals surface area contributed by atoms with Crippen LogP contribution in [0.15, 0.2) is 60.7 Å². The van der Waals surface area contributed by atoms with Crippen LogP contribution in [0.5, 0.6) is 0 Å². The normalized spacial score (nSPS) is 15.7. The van der Waals surface area contributed by atoms with Crippen molar-refractivity contribution in [1.29, 1.82) is 0 Å². The van der Waals surface area contributed by atoms with E-state index in [1.807, 2.05) is 0 Å². The molecule has 5 rings (SSSR count). The van der Waals surface area contributed by atoms with Gasteiger partial charge in [0.05, 0.1) is 11.1 Å². The van der Waals surface area contributed by atoms with Crippen molar-refractivity contribution in [2.75, 3.05) is 38.1 Å². The molecule has 0 bridgehead atoms. The summed E-state index contributed by atoms with van der Waals surface area (Å²) < 4.78 is 2.29. The third-order valence-corrected chi connectivity index (χ3v) is 6.04. The predicted octanol–water partition coefficient (Wildman–Crippen LogP) is 4.07. The van der Waals surface area contributed by atoms with Crippen molar-refractivity contribution >= 4 is 39.6 Å². The summed E-state index contributed by atoms with van der Waals surface area (Å²) in [6.07, 6.45) is 4.40. The highest BCUT2D eigenvalue weighted by Gasteiger charge is 2.21. The van der Waals surface area contributed by atoms with Crippen LogP contribution in [-0.2, 0) is 7.05 Å². The number of nitrogens with zero attached hydrogens (tertiary/aromatic N) is 3. The maximum Gasteiger partial charge on any atom is 0.214 e. The second-order valence-corrected chi connectivity index (χ2v) is 7.97. The van der Waals surface area contributed by atoms with Gasteiger partial charge in [0.1, 0.15) is 7.05 Å². The summed E-state index contributed by atoms with van der Waals surface area (Å²) in [5, 5.41) is 2.57. The van der Waals surface area contributed by atoms with Gasteiger partial charge in [-0.1, -0.05) is 30.3 Å². The maximum absolute atomic E-state index is 3.49. The second kappa shape index (κ2) is 7.37. The highest BCUT2D eigenvalue weighted by atomic mass is 15.2. The van der Waals surface area contributed by atoms with Crippen LogP contribution in [0.2, 0.25) is 0 Å². The summed E-state index contributed by atoms with van der Waals surface area (Å²) in [5.41, 5.74) is 6.10. The second-order valence-electron chi connectivity index (χ2n) is 7.97. The van der Waals surface area contributed by atoms with E-state index in [0.717, 1.165) is 31.9 Å². The molecule has 0 radical (unpaired) electrons. The van der Waals surface area contributed by atoms with Crippen molar-refractivity contribution in [3.05, 3.63) is 72.1 Å². The Morgan fingerprint density at radius 1 is 0.897 bits per heavy atom. The molecule has 1 aliphatic heterocycles. The topological polar surface area (TPSA) is 26.1 Å². The zero-order chi connectivity index (χ0) is 19.8. The first-order valence-corrected chi connectivity index (χ1v) is 10.3. The Morgan fingerprint density at radius 2 is 1.66 bits per heavy atom. The number of hydrogen-bond donors (Lipinski definition) is 1. The molecule has 1 aliphatic rings. The van der Waals surface area contributed by atoms with E-state index in [1.165, 1.54) is 33.2 Å². The summed E-state index contributed by atoms with van der Waals surface area (Å²) in [6.45, 7) is 4.35. The largest absolute Gasteiger partial charge is 0.368 e. The summed E-state index contributed by atoms with van der Waals surface area (Å²) >= 11 is 0. The fourth-order valence-electron chi connectivity index (χ4n) is 4.27. The average Bonchev–Trinajstić information content (AvgIpc) is 3.17. The van der Waals surface area contributed by atoms with Crippen LogP contribution in [-0.4, -0.2) is 43.1 Å². The van der Waals surface area contributed by atoms with Gasteiger partial charge < -0.3 is 14.8 Å². The predicted molar refractivity (Wildman–Crippen MR) is 122 cm³/mol. The number of piperazine rings is 1. The fourth-order valence-corrected chi connectivity index (χ4v) is 4.27. The number of fused-ring (bicyclic) bond motifs is 2. The van der Waals surface area contributed by atoms with E-state index in [0.29, 0.717) is 0 Å². The van der Waals surface area contributed by atoms with Gasteiger partial charge in [-0.15, -0.1) is 0 Å². The molecule has 0 spiro atoms. The molecular weight excluding hydrogens is 356 g/mol. The number of nitrogens with one attached hydrogen (secondary N) is 1. The summed E-state index contributed by atoms with van der Waals surface area (Å²) in [7, 11) is 4.36. The van der Waals surface area contributed by atoms with E-state index in [9.17, 15) is 0 Å². The van der Waals surface area contributed by atoms with Gasteiger partial charge >= 0.3 is 0 Å². The van der Waals surface area contributed by atoms with Crippen LogP contribution in [0.25, 0.3) is 34.0 Å². The number of aromatic amines is 1. The number of benzene rings is 2. The van der Waals surface area contributed by atoms with Crippen molar-refractivity contribution < 1.29 is 4.57 Å². The lowest BCUT2D eigenvalue weighted by Crippen LogP contribution is -2.45. The van der Waals surface area contributed by atoms with Gasteiger partial charge in [0.2, 0.25) is 11.2 Å². The molecule has 0 atom stereocenters. The fraction of sp³-hybridized carbons (Fsp3) is 0.240. The zero-order valence-electron chi connectivity index (χ0n) is 17.1. The Hall–Kier alpha value is -3.11. The first-order chi connectivity index (χ1) is 14.2. The first kappa shape index (κ1) is 18.0. The molecule has 2 aromatic carbocycles. The number of para-hydroxylation sites is 2. The van der Waals surface area contributed by atoms with Crippen molar-refractivity contribution in [2.45, 2.75) is 0 Å². The zero-order valence-corrected chi connectivity index (χ0v) is 17.1. The van der Waals surface area contributed by atoms with E-state index in [2.05, 4.69) is 106 Å². The number of hydrogen-bond acceptors (Lipinski definition) is 2. The smallest absolute Gasteiger partial charge is 0.214 e. The molecular formula is C25H27N4+. The molecule has 1 N–H and O–H groups in total. The van der Waals surface area contributed by atoms with Gasteiger partial charge in [-0.05, 0) is 36.7 Å². The molecule has 4 heteroatoms. The van der Waals surface area contributed by atoms with Crippen molar-refractivity contribution in [1.82, 2.24) is 9.88 Å². The lowest BCUT2D eigenvalue weighted by Gasteiger charge is -2.34. The number of likely N-dealkylation sites (N-methyl/N-ethyl adjacent to an activating group) is 1. The number of anilines is 1. The molecule has 1 saturated heterocycles. The summed E-state index contributed by atoms with van der Waals surface area (Å²) in [5.74, 6) is 0. The van der Waals surface area contributed by atoms with Crippen molar-refractivity contribution in [2.24, 2.45) is 7.05 Å². The van der Waals surface area contributed by atoms with E-state index < -0.39 is 0 Å². The number of pyridine rings is 1. The molecule has 4 aromatic rings. The maximum atomic E-state index is 3.49. The highest BCUT2D eigenvalue weighted by molar-refractivity contribution is 5.91. The Labute approximate surface area is 171 Å². The van der Waals surface area contributed by atoms with E-state index in [-0.39, 0.29) is 0 Å². The monoisotopic (exact) mass is 383 g/mol. The number of rotatable bonds is 3. The van der Waals surface area contributed by atoms with Crippen LogP contribution in [0.4, 0.5) is 5.69 Å².